The second kappa shape index (κ2) is 41.1. The van der Waals surface area contributed by atoms with E-state index >= 15 is 0 Å². The van der Waals surface area contributed by atoms with Crippen molar-refractivity contribution in [3.8, 4) is 0 Å². The van der Waals surface area contributed by atoms with Gasteiger partial charge < -0.3 is 29.9 Å². The predicted octanol–water partition coefficient (Wildman–Crippen LogP) is 12.9. The second-order valence-electron chi connectivity index (χ2n) is 17.3. The number of unbranched alkanes of at least 4 members (excludes halogenated alkanes) is 24. The minimum atomic E-state index is -4.74. The fourth-order valence-corrected chi connectivity index (χ4v) is 8.00. The van der Waals surface area contributed by atoms with Gasteiger partial charge in [0.05, 0.1) is 25.4 Å². The lowest BCUT2D eigenvalue weighted by Gasteiger charge is -2.20. The van der Waals surface area contributed by atoms with Gasteiger partial charge in [0.15, 0.2) is 6.10 Å². The highest BCUT2D eigenvalue weighted by atomic mass is 31.2. The summed E-state index contributed by atoms with van der Waals surface area (Å²) in [7, 11) is -4.74. The number of allylic oxidation sites excluding steroid dienone is 4. The van der Waals surface area contributed by atoms with Crippen molar-refractivity contribution in [3.05, 3.63) is 36.5 Å². The van der Waals surface area contributed by atoms with E-state index in [1.54, 1.807) is 0 Å². The molecule has 1 saturated heterocycles. The van der Waals surface area contributed by atoms with E-state index in [0.717, 1.165) is 44.9 Å². The van der Waals surface area contributed by atoms with Crippen LogP contribution in [0.1, 0.15) is 219 Å². The molecular formula is C50H90NO11P. The predicted molar refractivity (Wildman–Crippen MR) is 253 cm³/mol. The summed E-state index contributed by atoms with van der Waals surface area (Å²) in [5.74, 6) is -2.45. The molecule has 0 aromatic rings. The topological polar surface area (TPSA) is 184 Å². The molecule has 366 valence electrons. The van der Waals surface area contributed by atoms with Crippen LogP contribution in [0.5, 0.6) is 0 Å². The first-order valence-corrected chi connectivity index (χ1v) is 26.6. The maximum atomic E-state index is 12.7. The van der Waals surface area contributed by atoms with Gasteiger partial charge in [-0.05, 0) is 51.4 Å². The van der Waals surface area contributed by atoms with Crippen LogP contribution < -0.4 is 5.73 Å². The van der Waals surface area contributed by atoms with Gasteiger partial charge in [0.2, 0.25) is 0 Å². The summed E-state index contributed by atoms with van der Waals surface area (Å²) in [6, 6.07) is -1.53. The van der Waals surface area contributed by atoms with E-state index in [1.807, 2.05) is 6.08 Å². The Hall–Kier alpha value is -2.34. The first-order valence-electron chi connectivity index (χ1n) is 25.1. The zero-order valence-corrected chi connectivity index (χ0v) is 40.5. The Morgan fingerprint density at radius 1 is 0.571 bits per heavy atom. The maximum Gasteiger partial charge on any atom is 0.472 e. The Bertz CT molecular complexity index is 1270. The fraction of sp³-hybridized carbons (Fsp3) is 0.820. The highest BCUT2D eigenvalue weighted by Crippen LogP contribution is 2.43. The molecule has 1 heterocycles. The van der Waals surface area contributed by atoms with Crippen LogP contribution in [0.4, 0.5) is 0 Å². The van der Waals surface area contributed by atoms with E-state index < -0.39 is 51.1 Å². The molecule has 0 saturated carbocycles. The van der Waals surface area contributed by atoms with Crippen molar-refractivity contribution in [2.75, 3.05) is 19.8 Å². The Kier molecular flexibility index (Phi) is 38.3. The third-order valence-corrected chi connectivity index (χ3v) is 12.2. The standard InChI is InChI=1S/C50H90NO11P/c1-3-5-7-9-11-13-14-15-16-17-18-19-20-21-22-23-24-26-28-30-36-40-49(53)61-44(42-59-63(56,57)60-43-45(51)50(54)55)41-58-48(52)39-35-32-31-34-38-47-46(62-47)37-33-29-27-25-12-10-8-6-4-2/h12,25,29,31,33-34,44-47H,3-11,13-24,26-28,30,32,35-43,51H2,1-2H3,(H,54,55)(H,56,57)/b25-12-,33-29-,34-31-/t44-,45+,46?,47?/m1/s1. The molecule has 1 rings (SSSR count). The number of esters is 2. The molecule has 0 spiro atoms. The van der Waals surface area contributed by atoms with E-state index in [-0.39, 0.29) is 31.7 Å². The fourth-order valence-electron chi connectivity index (χ4n) is 7.22. The number of phosphoric ester groups is 1. The summed E-state index contributed by atoms with van der Waals surface area (Å²) >= 11 is 0. The molecule has 0 radical (unpaired) electrons. The summed E-state index contributed by atoms with van der Waals surface area (Å²) in [4.78, 5) is 46.2. The molecular weight excluding hydrogens is 822 g/mol. The number of ether oxygens (including phenoxy) is 3. The van der Waals surface area contributed by atoms with Gasteiger partial charge in [-0.1, -0.05) is 192 Å². The van der Waals surface area contributed by atoms with Gasteiger partial charge >= 0.3 is 25.7 Å². The molecule has 13 heteroatoms. The quantitative estimate of drug-likeness (QED) is 0.0173. The molecule has 0 aliphatic carbocycles. The number of carbonyl (C=O) groups excluding carboxylic acids is 2. The van der Waals surface area contributed by atoms with Crippen LogP contribution in [-0.4, -0.2) is 72.1 Å². The minimum absolute atomic E-state index is 0.139. The van der Waals surface area contributed by atoms with Crippen molar-refractivity contribution >= 4 is 25.7 Å². The van der Waals surface area contributed by atoms with Crippen molar-refractivity contribution in [2.24, 2.45) is 5.73 Å². The Morgan fingerprint density at radius 2 is 1.00 bits per heavy atom. The van der Waals surface area contributed by atoms with E-state index in [0.29, 0.717) is 19.3 Å². The Balaban J connectivity index is 2.24. The van der Waals surface area contributed by atoms with Crippen molar-refractivity contribution < 1.29 is 52.2 Å². The number of epoxide rings is 1. The van der Waals surface area contributed by atoms with Crippen LogP contribution in [0.25, 0.3) is 0 Å². The number of nitrogens with two attached hydrogens (primary N) is 1. The van der Waals surface area contributed by atoms with Crippen molar-refractivity contribution in [1.82, 2.24) is 0 Å². The summed E-state index contributed by atoms with van der Waals surface area (Å²) in [5, 5.41) is 8.92. The maximum absolute atomic E-state index is 12.7. The third kappa shape index (κ3) is 38.6. The molecule has 1 fully saturated rings. The van der Waals surface area contributed by atoms with E-state index in [4.69, 9.17) is 29.6 Å². The average Bonchev–Trinajstić information content (AvgIpc) is 4.02. The first-order chi connectivity index (χ1) is 30.6. The highest BCUT2D eigenvalue weighted by molar-refractivity contribution is 7.47. The van der Waals surface area contributed by atoms with Crippen LogP contribution in [0.3, 0.4) is 0 Å². The summed E-state index contributed by atoms with van der Waals surface area (Å²) < 4.78 is 38.6. The number of carboxylic acids is 1. The lowest BCUT2D eigenvalue weighted by atomic mass is 10.0. The van der Waals surface area contributed by atoms with Crippen molar-refractivity contribution in [3.63, 3.8) is 0 Å². The second-order valence-corrected chi connectivity index (χ2v) is 18.8. The van der Waals surface area contributed by atoms with E-state index in [2.05, 4.69) is 48.8 Å². The molecule has 4 N–H and O–H groups in total. The minimum Gasteiger partial charge on any atom is -0.480 e. The molecule has 0 bridgehead atoms. The molecule has 1 aliphatic rings. The van der Waals surface area contributed by atoms with Crippen LogP contribution in [-0.2, 0) is 42.2 Å². The molecule has 3 unspecified atom stereocenters. The number of hydrogen-bond acceptors (Lipinski definition) is 10. The largest absolute Gasteiger partial charge is 0.480 e. The van der Waals surface area contributed by atoms with Crippen LogP contribution in [0.15, 0.2) is 36.5 Å². The summed E-state index contributed by atoms with van der Waals surface area (Å²) in [6.07, 6.45) is 48.1. The van der Waals surface area contributed by atoms with Crippen LogP contribution in [0, 0.1) is 0 Å². The molecule has 12 nitrogen and oxygen atoms in total. The number of carboxylic acid groups (broad SMARTS) is 1. The number of rotatable bonds is 46. The SMILES string of the molecule is CCCCC/C=C\C/C=C\CC1OC1C/C=C\CCCC(=O)OC[C@H](COP(=O)(O)OC[C@H](N)C(=O)O)OC(=O)CCCCCCCCCCCCCCCCCCCCCCC. The monoisotopic (exact) mass is 912 g/mol. The Morgan fingerprint density at radius 3 is 1.54 bits per heavy atom. The molecule has 1 aliphatic heterocycles. The zero-order chi connectivity index (χ0) is 46.1. The van der Waals surface area contributed by atoms with Gasteiger partial charge in [-0.3, -0.25) is 23.4 Å². The van der Waals surface area contributed by atoms with Gasteiger partial charge in [0.1, 0.15) is 12.6 Å². The number of phosphoric acid groups is 1. The van der Waals surface area contributed by atoms with Crippen molar-refractivity contribution in [1.29, 1.82) is 0 Å². The zero-order valence-electron chi connectivity index (χ0n) is 39.6. The van der Waals surface area contributed by atoms with Gasteiger partial charge in [0.25, 0.3) is 0 Å². The number of carbonyl (C=O) groups is 3. The van der Waals surface area contributed by atoms with Gasteiger partial charge in [-0.15, -0.1) is 0 Å². The van der Waals surface area contributed by atoms with E-state index in [9.17, 15) is 23.8 Å². The third-order valence-electron chi connectivity index (χ3n) is 11.3. The Labute approximate surface area is 382 Å². The van der Waals surface area contributed by atoms with E-state index in [1.165, 1.54) is 128 Å². The first kappa shape index (κ1) is 58.7. The van der Waals surface area contributed by atoms with Crippen LogP contribution >= 0.6 is 7.82 Å². The molecule has 5 atom stereocenters. The van der Waals surface area contributed by atoms with Gasteiger partial charge in [-0.25, -0.2) is 4.57 Å². The molecule has 0 aromatic carbocycles. The molecule has 0 aromatic heterocycles. The highest BCUT2D eigenvalue weighted by Gasteiger charge is 2.36. The summed E-state index contributed by atoms with van der Waals surface area (Å²) in [6.45, 7) is 2.74. The van der Waals surface area contributed by atoms with Gasteiger partial charge in [0, 0.05) is 12.8 Å². The number of hydrogen-bond donors (Lipinski definition) is 3. The van der Waals surface area contributed by atoms with Crippen molar-refractivity contribution in [2.45, 2.75) is 244 Å². The molecule has 63 heavy (non-hydrogen) atoms. The average molecular weight is 912 g/mol. The number of aliphatic carboxylic acids is 1. The normalized spacial score (nSPS) is 17.1. The smallest absolute Gasteiger partial charge is 0.472 e. The lowest BCUT2D eigenvalue weighted by molar-refractivity contribution is -0.161. The molecule has 0 amide bonds. The van der Waals surface area contributed by atoms with Crippen LogP contribution in [0.2, 0.25) is 0 Å². The lowest BCUT2D eigenvalue weighted by Crippen LogP contribution is -2.34. The summed E-state index contributed by atoms with van der Waals surface area (Å²) in [5.41, 5.74) is 5.35. The van der Waals surface area contributed by atoms with Gasteiger partial charge in [-0.2, -0.15) is 0 Å².